The van der Waals surface area contributed by atoms with Crippen LogP contribution in [-0.4, -0.2) is 33.9 Å². The van der Waals surface area contributed by atoms with E-state index in [2.05, 4.69) is 15.2 Å². The lowest BCUT2D eigenvalue weighted by molar-refractivity contribution is 0.583. The van der Waals surface area contributed by atoms with Crippen molar-refractivity contribution in [1.29, 1.82) is 5.26 Å². The Kier molecular flexibility index (Phi) is 5.02. The van der Waals surface area contributed by atoms with Crippen LogP contribution in [0.4, 0.5) is 0 Å². The van der Waals surface area contributed by atoms with Gasteiger partial charge in [-0.2, -0.15) is 5.26 Å². The maximum atomic E-state index is 12.7. The third kappa shape index (κ3) is 3.45. The fourth-order valence-corrected chi connectivity index (χ4v) is 3.73. The highest BCUT2D eigenvalue weighted by Crippen LogP contribution is 2.28. The molecule has 3 rings (SSSR count). The summed E-state index contributed by atoms with van der Waals surface area (Å²) in [5.74, 6) is -0.0117. The maximum Gasteiger partial charge on any atom is 0.254 e. The first-order valence-corrected chi connectivity index (χ1v) is 9.69. The van der Waals surface area contributed by atoms with E-state index in [1.807, 2.05) is 13.0 Å². The minimum Gasteiger partial charge on any atom is -0.266 e. The van der Waals surface area contributed by atoms with Crippen LogP contribution < -0.4 is 0 Å². The highest BCUT2D eigenvalue weighted by molar-refractivity contribution is 7.91. The van der Waals surface area contributed by atoms with Crippen molar-refractivity contribution in [1.82, 2.24) is 19.7 Å². The number of benzene rings is 1. The third-order valence-corrected chi connectivity index (χ3v) is 5.70. The molecule has 3 aromatic rings. The zero-order valence-electron chi connectivity index (χ0n) is 13.8. The first kappa shape index (κ1) is 18.0. The van der Waals surface area contributed by atoms with Crippen molar-refractivity contribution in [2.75, 3.05) is 5.75 Å². The van der Waals surface area contributed by atoms with Gasteiger partial charge in [0.25, 0.3) is 5.16 Å². The van der Waals surface area contributed by atoms with Crippen LogP contribution in [0, 0.1) is 18.3 Å². The largest absolute Gasteiger partial charge is 0.266 e. The fraction of sp³-hybridized carbons (Fsp3) is 0.176. The molecule has 0 aliphatic carbocycles. The highest BCUT2D eigenvalue weighted by atomic mass is 35.5. The molecule has 0 amide bonds. The molecular formula is C17H14ClN5O2S. The first-order chi connectivity index (χ1) is 12.4. The number of pyridine rings is 1. The molecule has 0 spiro atoms. The molecule has 0 atom stereocenters. The zero-order valence-corrected chi connectivity index (χ0v) is 15.4. The second-order valence-corrected chi connectivity index (χ2v) is 7.95. The summed E-state index contributed by atoms with van der Waals surface area (Å²) in [5.41, 5.74) is 1.98. The van der Waals surface area contributed by atoms with Crippen LogP contribution in [0.15, 0.2) is 47.9 Å². The molecule has 0 unspecified atom stereocenters. The number of hydrogen-bond donors (Lipinski definition) is 0. The second-order valence-electron chi connectivity index (χ2n) is 5.54. The normalized spacial score (nSPS) is 11.3. The molecule has 7 nitrogen and oxygen atoms in total. The van der Waals surface area contributed by atoms with Crippen LogP contribution in [0.25, 0.3) is 17.1 Å². The molecule has 0 aliphatic heterocycles. The summed E-state index contributed by atoms with van der Waals surface area (Å²) in [6, 6.07) is 10.5. The Morgan fingerprint density at radius 3 is 2.73 bits per heavy atom. The average molecular weight is 388 g/mol. The average Bonchev–Trinajstić information content (AvgIpc) is 3.09. The molecule has 0 N–H and O–H groups in total. The van der Waals surface area contributed by atoms with Crippen molar-refractivity contribution >= 4 is 21.4 Å². The van der Waals surface area contributed by atoms with Gasteiger partial charge in [-0.1, -0.05) is 17.7 Å². The van der Waals surface area contributed by atoms with Crippen LogP contribution >= 0.6 is 11.6 Å². The third-order valence-electron chi connectivity index (χ3n) is 3.73. The number of nitrogens with zero attached hydrogens (tertiary/aromatic N) is 5. The number of aromatic nitrogens is 4. The molecular weight excluding hydrogens is 374 g/mol. The van der Waals surface area contributed by atoms with E-state index in [1.165, 1.54) is 4.57 Å². The van der Waals surface area contributed by atoms with E-state index in [0.29, 0.717) is 22.1 Å². The number of sulfone groups is 1. The van der Waals surface area contributed by atoms with E-state index in [1.54, 1.807) is 42.7 Å². The topological polar surface area (TPSA) is 102 Å². The summed E-state index contributed by atoms with van der Waals surface area (Å²) in [6.07, 6.45) is 3.05. The lowest BCUT2D eigenvalue weighted by Gasteiger charge is -2.11. The van der Waals surface area contributed by atoms with Crippen molar-refractivity contribution in [2.24, 2.45) is 0 Å². The molecule has 0 saturated carbocycles. The quantitative estimate of drug-likeness (QED) is 0.666. The maximum absolute atomic E-state index is 12.7. The van der Waals surface area contributed by atoms with Crippen LogP contribution in [-0.2, 0) is 9.84 Å². The Morgan fingerprint density at radius 1 is 1.27 bits per heavy atom. The molecule has 2 aromatic heterocycles. The van der Waals surface area contributed by atoms with Gasteiger partial charge in [0.15, 0.2) is 5.82 Å². The van der Waals surface area contributed by atoms with Gasteiger partial charge in [0, 0.05) is 29.4 Å². The number of nitriles is 1. The Labute approximate surface area is 155 Å². The first-order valence-electron chi connectivity index (χ1n) is 7.66. The molecule has 0 bridgehead atoms. The van der Waals surface area contributed by atoms with Gasteiger partial charge in [-0.15, -0.1) is 10.2 Å². The smallest absolute Gasteiger partial charge is 0.254 e. The van der Waals surface area contributed by atoms with Crippen molar-refractivity contribution < 1.29 is 8.42 Å². The van der Waals surface area contributed by atoms with E-state index >= 15 is 0 Å². The molecule has 2 heterocycles. The number of halogens is 1. The Balaban J connectivity index is 2.26. The summed E-state index contributed by atoms with van der Waals surface area (Å²) < 4.78 is 26.7. The molecule has 0 radical (unpaired) electrons. The summed E-state index contributed by atoms with van der Waals surface area (Å²) in [5, 5.41) is 16.9. The minimum atomic E-state index is -3.81. The molecule has 132 valence electrons. The standard InChI is InChI=1S/C17H14ClN5O2S/c1-12-5-6-14(10-15(12)18)23-16(13-4-2-8-20-11-13)21-22-17(23)26(24,25)9-3-7-19/h2,4-6,8,10-11H,3,9H2,1H3. The molecule has 1 aromatic carbocycles. The Morgan fingerprint density at radius 2 is 2.08 bits per heavy atom. The summed E-state index contributed by atoms with van der Waals surface area (Å²) in [6.45, 7) is 1.85. The molecule has 0 saturated heterocycles. The SMILES string of the molecule is Cc1ccc(-n2c(-c3cccnc3)nnc2S(=O)(=O)CCC#N)cc1Cl. The van der Waals surface area contributed by atoms with Crippen LogP contribution in [0.2, 0.25) is 5.02 Å². The number of rotatable bonds is 5. The van der Waals surface area contributed by atoms with E-state index in [-0.39, 0.29) is 17.3 Å². The predicted octanol–water partition coefficient (Wildman–Crippen LogP) is 2.98. The van der Waals surface area contributed by atoms with Gasteiger partial charge in [-0.05, 0) is 36.8 Å². The molecule has 9 heteroatoms. The highest BCUT2D eigenvalue weighted by Gasteiger charge is 2.26. The van der Waals surface area contributed by atoms with Crippen molar-refractivity contribution in [3.63, 3.8) is 0 Å². The monoisotopic (exact) mass is 387 g/mol. The lowest BCUT2D eigenvalue weighted by Crippen LogP contribution is -2.14. The van der Waals surface area contributed by atoms with Gasteiger partial charge in [-0.25, -0.2) is 8.42 Å². The number of hydrogen-bond acceptors (Lipinski definition) is 6. The summed E-state index contributed by atoms with van der Waals surface area (Å²) >= 11 is 6.22. The predicted molar refractivity (Wildman–Crippen MR) is 96.6 cm³/mol. The van der Waals surface area contributed by atoms with E-state index in [9.17, 15) is 8.42 Å². The minimum absolute atomic E-state index is 0.133. The van der Waals surface area contributed by atoms with Crippen LogP contribution in [0.3, 0.4) is 0 Å². The summed E-state index contributed by atoms with van der Waals surface area (Å²) in [7, 11) is -3.81. The molecule has 26 heavy (non-hydrogen) atoms. The van der Waals surface area contributed by atoms with Gasteiger partial charge < -0.3 is 0 Å². The van der Waals surface area contributed by atoms with Gasteiger partial charge in [0.1, 0.15) is 0 Å². The summed E-state index contributed by atoms with van der Waals surface area (Å²) in [4.78, 5) is 4.05. The molecule has 0 aliphatic rings. The zero-order chi connectivity index (χ0) is 18.7. The van der Waals surface area contributed by atoms with Crippen molar-refractivity contribution in [3.05, 3.63) is 53.3 Å². The second kappa shape index (κ2) is 7.23. The molecule has 0 fully saturated rings. The lowest BCUT2D eigenvalue weighted by atomic mass is 10.2. The van der Waals surface area contributed by atoms with E-state index < -0.39 is 9.84 Å². The van der Waals surface area contributed by atoms with Crippen LogP contribution in [0.1, 0.15) is 12.0 Å². The van der Waals surface area contributed by atoms with Crippen LogP contribution in [0.5, 0.6) is 0 Å². The van der Waals surface area contributed by atoms with Gasteiger partial charge in [-0.3, -0.25) is 9.55 Å². The number of aryl methyl sites for hydroxylation is 1. The van der Waals surface area contributed by atoms with Gasteiger partial charge in [0.05, 0.1) is 17.5 Å². The Bertz CT molecular complexity index is 1090. The van der Waals surface area contributed by atoms with Gasteiger partial charge >= 0.3 is 0 Å². The van der Waals surface area contributed by atoms with Crippen molar-refractivity contribution in [3.8, 4) is 23.1 Å². The Hall–Kier alpha value is -2.76. The van der Waals surface area contributed by atoms with E-state index in [4.69, 9.17) is 16.9 Å². The van der Waals surface area contributed by atoms with Crippen molar-refractivity contribution in [2.45, 2.75) is 18.5 Å². The van der Waals surface area contributed by atoms with E-state index in [0.717, 1.165) is 5.56 Å². The van der Waals surface area contributed by atoms with Gasteiger partial charge in [0.2, 0.25) is 9.84 Å². The fourth-order valence-electron chi connectivity index (χ4n) is 2.38.